The summed E-state index contributed by atoms with van der Waals surface area (Å²) in [5, 5.41) is 0. The van der Waals surface area contributed by atoms with Gasteiger partial charge in [-0.3, -0.25) is 19.7 Å². The number of methoxy groups -OCH3 is 1. The first-order valence-electron chi connectivity index (χ1n) is 9.16. The van der Waals surface area contributed by atoms with Gasteiger partial charge in [0.2, 0.25) is 0 Å². The highest BCUT2D eigenvalue weighted by Gasteiger charge is 2.44. The van der Waals surface area contributed by atoms with Gasteiger partial charge in [0.1, 0.15) is 5.69 Å². The molecule has 4 rings (SSSR count). The third-order valence-corrected chi connectivity index (χ3v) is 5.56. The first-order valence-corrected chi connectivity index (χ1v) is 9.16. The van der Waals surface area contributed by atoms with Gasteiger partial charge in [0.15, 0.2) is 0 Å². The molecule has 2 aliphatic heterocycles. The number of nitrogens with zero attached hydrogens (tertiary/aromatic N) is 4. The van der Waals surface area contributed by atoms with Crippen molar-refractivity contribution < 1.29 is 9.53 Å². The summed E-state index contributed by atoms with van der Waals surface area (Å²) in [4.78, 5) is 25.3. The predicted octanol–water partition coefficient (Wildman–Crippen LogP) is 2.15. The van der Waals surface area contributed by atoms with Crippen molar-refractivity contribution in [3.63, 3.8) is 0 Å². The molecule has 1 amide bonds. The summed E-state index contributed by atoms with van der Waals surface area (Å²) in [6.45, 7) is 2.50. The van der Waals surface area contributed by atoms with Crippen LogP contribution >= 0.6 is 0 Å². The summed E-state index contributed by atoms with van der Waals surface area (Å²) < 4.78 is 5.66. The Labute approximate surface area is 153 Å². The van der Waals surface area contributed by atoms with Gasteiger partial charge in [-0.05, 0) is 42.7 Å². The van der Waals surface area contributed by atoms with Crippen molar-refractivity contribution in [3.05, 3.63) is 60.2 Å². The lowest BCUT2D eigenvalue weighted by molar-refractivity contribution is -0.115. The number of ether oxygens (including phenoxy) is 1. The fraction of sp³-hybridized carbons (Fsp3) is 0.450. The second-order valence-electron chi connectivity index (χ2n) is 6.93. The van der Waals surface area contributed by atoms with Crippen LogP contribution in [0.4, 0.5) is 0 Å². The Balaban J connectivity index is 1.39. The number of aromatic nitrogens is 2. The average Bonchev–Trinajstić information content (AvgIpc) is 2.69. The average molecular weight is 352 g/mol. The van der Waals surface area contributed by atoms with Gasteiger partial charge in [-0.15, -0.1) is 0 Å². The SMILES string of the molecule is CO[C@H]1CN(C2CCN(C(=O)c3ccccn3)CC2)[C@H]1c1ccncc1. The number of hydrogen-bond donors (Lipinski definition) is 0. The van der Waals surface area contributed by atoms with Crippen LogP contribution < -0.4 is 0 Å². The summed E-state index contributed by atoms with van der Waals surface area (Å²) in [5.74, 6) is 0.0353. The molecular formula is C20H24N4O2. The minimum absolute atomic E-state index is 0.0353. The molecule has 0 aliphatic carbocycles. The number of carbonyl (C=O) groups is 1. The largest absolute Gasteiger partial charge is 0.378 e. The van der Waals surface area contributed by atoms with E-state index in [1.54, 1.807) is 19.4 Å². The molecule has 2 aliphatic rings. The summed E-state index contributed by atoms with van der Waals surface area (Å²) in [5.41, 5.74) is 1.79. The lowest BCUT2D eigenvalue weighted by Crippen LogP contribution is -2.60. The Kier molecular flexibility index (Phi) is 4.95. The van der Waals surface area contributed by atoms with E-state index >= 15 is 0 Å². The van der Waals surface area contributed by atoms with E-state index in [2.05, 4.69) is 27.0 Å². The minimum Gasteiger partial charge on any atom is -0.378 e. The van der Waals surface area contributed by atoms with E-state index in [0.29, 0.717) is 11.7 Å². The minimum atomic E-state index is 0.0353. The van der Waals surface area contributed by atoms with Crippen molar-refractivity contribution in [2.24, 2.45) is 0 Å². The van der Waals surface area contributed by atoms with Crippen molar-refractivity contribution in [1.82, 2.24) is 19.8 Å². The van der Waals surface area contributed by atoms with Gasteiger partial charge in [-0.2, -0.15) is 0 Å². The molecule has 0 saturated carbocycles. The Morgan fingerprint density at radius 1 is 1.12 bits per heavy atom. The van der Waals surface area contributed by atoms with E-state index < -0.39 is 0 Å². The maximum absolute atomic E-state index is 12.6. The molecule has 136 valence electrons. The zero-order chi connectivity index (χ0) is 17.9. The first-order chi connectivity index (χ1) is 12.8. The molecule has 6 heteroatoms. The highest BCUT2D eigenvalue weighted by Crippen LogP contribution is 2.39. The van der Waals surface area contributed by atoms with Crippen molar-refractivity contribution in [1.29, 1.82) is 0 Å². The molecule has 0 N–H and O–H groups in total. The van der Waals surface area contributed by atoms with Crippen LogP contribution in [0.15, 0.2) is 48.9 Å². The van der Waals surface area contributed by atoms with E-state index in [-0.39, 0.29) is 18.1 Å². The first kappa shape index (κ1) is 17.1. The second kappa shape index (κ2) is 7.51. The van der Waals surface area contributed by atoms with Crippen LogP contribution in [0, 0.1) is 0 Å². The number of pyridine rings is 2. The standard InChI is InChI=1S/C20H24N4O2/c1-26-18-14-24(19(18)15-5-10-21-11-6-15)16-7-12-23(13-8-16)20(25)17-4-2-3-9-22-17/h2-6,9-11,16,18-19H,7-8,12-14H2,1H3/t18-,19-/m0/s1. The van der Waals surface area contributed by atoms with Crippen LogP contribution in [-0.2, 0) is 4.74 Å². The number of piperidine rings is 1. The fourth-order valence-electron chi connectivity index (χ4n) is 4.10. The summed E-state index contributed by atoms with van der Waals surface area (Å²) in [7, 11) is 1.78. The molecule has 0 spiro atoms. The van der Waals surface area contributed by atoms with Crippen LogP contribution in [0.1, 0.15) is 34.9 Å². The highest BCUT2D eigenvalue weighted by molar-refractivity contribution is 5.92. The van der Waals surface area contributed by atoms with Crippen molar-refractivity contribution in [2.45, 2.75) is 31.0 Å². The number of likely N-dealkylation sites (tertiary alicyclic amines) is 2. The highest BCUT2D eigenvalue weighted by atomic mass is 16.5. The maximum atomic E-state index is 12.6. The van der Waals surface area contributed by atoms with E-state index in [0.717, 1.165) is 32.5 Å². The van der Waals surface area contributed by atoms with Gasteiger partial charge in [0.25, 0.3) is 5.91 Å². The molecule has 2 saturated heterocycles. The Morgan fingerprint density at radius 3 is 2.54 bits per heavy atom. The van der Waals surface area contributed by atoms with Crippen molar-refractivity contribution in [2.75, 3.05) is 26.7 Å². The van der Waals surface area contributed by atoms with Gasteiger partial charge in [-0.25, -0.2) is 0 Å². The molecule has 4 heterocycles. The summed E-state index contributed by atoms with van der Waals surface area (Å²) >= 11 is 0. The van der Waals surface area contributed by atoms with Gasteiger partial charge in [-0.1, -0.05) is 6.07 Å². The normalized spacial score (nSPS) is 24.3. The van der Waals surface area contributed by atoms with E-state index in [1.165, 1.54) is 5.56 Å². The van der Waals surface area contributed by atoms with Gasteiger partial charge >= 0.3 is 0 Å². The second-order valence-corrected chi connectivity index (χ2v) is 6.93. The molecule has 0 unspecified atom stereocenters. The third kappa shape index (κ3) is 3.22. The predicted molar refractivity (Wildman–Crippen MR) is 97.6 cm³/mol. The van der Waals surface area contributed by atoms with Gasteiger partial charge in [0, 0.05) is 51.4 Å². The van der Waals surface area contributed by atoms with Crippen LogP contribution in [0.3, 0.4) is 0 Å². The smallest absolute Gasteiger partial charge is 0.272 e. The number of amides is 1. The molecule has 2 atom stereocenters. The molecule has 2 aromatic rings. The Morgan fingerprint density at radius 2 is 1.88 bits per heavy atom. The van der Waals surface area contributed by atoms with E-state index in [4.69, 9.17) is 4.74 Å². The zero-order valence-corrected chi connectivity index (χ0v) is 15.0. The quantitative estimate of drug-likeness (QED) is 0.844. The molecule has 0 aromatic carbocycles. The van der Waals surface area contributed by atoms with E-state index in [9.17, 15) is 4.79 Å². The topological polar surface area (TPSA) is 58.6 Å². The molecule has 0 radical (unpaired) electrons. The molecule has 2 aromatic heterocycles. The molecule has 6 nitrogen and oxygen atoms in total. The Bertz CT molecular complexity index is 732. The lowest BCUT2D eigenvalue weighted by atomic mass is 9.87. The number of rotatable bonds is 4. The lowest BCUT2D eigenvalue weighted by Gasteiger charge is -2.53. The number of hydrogen-bond acceptors (Lipinski definition) is 5. The van der Waals surface area contributed by atoms with Crippen LogP contribution in [0.25, 0.3) is 0 Å². The van der Waals surface area contributed by atoms with Crippen LogP contribution in [0.2, 0.25) is 0 Å². The van der Waals surface area contributed by atoms with Gasteiger partial charge in [0.05, 0.1) is 12.1 Å². The third-order valence-electron chi connectivity index (χ3n) is 5.56. The molecule has 26 heavy (non-hydrogen) atoms. The Hall–Kier alpha value is -2.31. The monoisotopic (exact) mass is 352 g/mol. The molecular weight excluding hydrogens is 328 g/mol. The van der Waals surface area contributed by atoms with Crippen LogP contribution in [-0.4, -0.2) is 64.6 Å². The summed E-state index contributed by atoms with van der Waals surface area (Å²) in [6.07, 6.45) is 7.54. The molecule has 0 bridgehead atoms. The fourth-order valence-corrected chi connectivity index (χ4v) is 4.10. The molecule has 2 fully saturated rings. The van der Waals surface area contributed by atoms with Gasteiger partial charge < -0.3 is 9.64 Å². The number of carbonyl (C=O) groups excluding carboxylic acids is 1. The summed E-state index contributed by atoms with van der Waals surface area (Å²) in [6, 6.07) is 10.4. The maximum Gasteiger partial charge on any atom is 0.272 e. The van der Waals surface area contributed by atoms with Crippen LogP contribution in [0.5, 0.6) is 0 Å². The van der Waals surface area contributed by atoms with Crippen molar-refractivity contribution >= 4 is 5.91 Å². The van der Waals surface area contributed by atoms with Crippen molar-refractivity contribution in [3.8, 4) is 0 Å². The van der Waals surface area contributed by atoms with E-state index in [1.807, 2.05) is 29.4 Å². The zero-order valence-electron chi connectivity index (χ0n) is 15.0.